The molecule has 0 aromatic carbocycles. The Morgan fingerprint density at radius 1 is 0.733 bits per heavy atom. The topological polar surface area (TPSA) is 61.8 Å². The van der Waals surface area contributed by atoms with Crippen LogP contribution in [0.5, 0.6) is 0 Å². The molecule has 5 nitrogen and oxygen atoms in total. The summed E-state index contributed by atoms with van der Waals surface area (Å²) in [6.45, 7) is 3.79. The predicted octanol–water partition coefficient (Wildman–Crippen LogP) is 5.98. The Morgan fingerprint density at radius 2 is 1.30 bits per heavy atom. The number of esters is 2. The monoisotopic (exact) mass is 424 g/mol. The first-order valence-corrected chi connectivity index (χ1v) is 12.7. The van der Waals surface area contributed by atoms with Crippen LogP contribution in [0.25, 0.3) is 0 Å². The summed E-state index contributed by atoms with van der Waals surface area (Å²) in [5.41, 5.74) is 0. The minimum Gasteiger partial charge on any atom is -0.465 e. The fourth-order valence-corrected chi connectivity index (χ4v) is 4.62. The molecular formula is C25H44O5. The lowest BCUT2D eigenvalue weighted by atomic mass is 9.79. The Kier molecular flexibility index (Phi) is 13.1. The highest BCUT2D eigenvalue weighted by molar-refractivity contribution is 5.82. The van der Waals surface area contributed by atoms with Gasteiger partial charge in [0.2, 0.25) is 0 Å². The average Bonchev–Trinajstić information content (AvgIpc) is 3.29. The van der Waals surface area contributed by atoms with E-state index < -0.39 is 0 Å². The van der Waals surface area contributed by atoms with Gasteiger partial charge in [-0.25, -0.2) is 0 Å². The molecule has 2 aliphatic rings. The summed E-state index contributed by atoms with van der Waals surface area (Å²) in [5.74, 6) is -1.13. The number of carbonyl (C=O) groups is 2. The van der Waals surface area contributed by atoms with Crippen LogP contribution in [-0.2, 0) is 23.8 Å². The largest absolute Gasteiger partial charge is 0.465 e. The van der Waals surface area contributed by atoms with Crippen molar-refractivity contribution in [3.8, 4) is 0 Å². The second-order valence-electron chi connectivity index (χ2n) is 9.11. The third-order valence-electron chi connectivity index (χ3n) is 6.55. The highest BCUT2D eigenvalue weighted by atomic mass is 16.6. The summed E-state index contributed by atoms with van der Waals surface area (Å²) in [6.07, 6.45) is 18.0. The van der Waals surface area contributed by atoms with Crippen LogP contribution in [0.1, 0.15) is 110 Å². The molecule has 0 bridgehead atoms. The molecule has 2 fully saturated rings. The minimum absolute atomic E-state index is 0.0271. The molecule has 1 aliphatic carbocycles. The van der Waals surface area contributed by atoms with E-state index in [9.17, 15) is 9.59 Å². The molecular weight excluding hydrogens is 380 g/mol. The lowest BCUT2D eigenvalue weighted by molar-refractivity contribution is -0.164. The quantitative estimate of drug-likeness (QED) is 0.239. The molecule has 1 heterocycles. The third kappa shape index (κ3) is 9.80. The number of ether oxygens (including phenoxy) is 3. The molecule has 2 rings (SSSR count). The highest BCUT2D eigenvalue weighted by Gasteiger charge is 2.38. The molecule has 5 heteroatoms. The molecule has 3 atom stereocenters. The van der Waals surface area contributed by atoms with Gasteiger partial charge < -0.3 is 14.2 Å². The van der Waals surface area contributed by atoms with E-state index in [0.29, 0.717) is 13.2 Å². The Hall–Kier alpha value is -1.10. The van der Waals surface area contributed by atoms with E-state index in [0.717, 1.165) is 58.0 Å². The first kappa shape index (κ1) is 25.2. The summed E-state index contributed by atoms with van der Waals surface area (Å²) in [7, 11) is 0. The maximum atomic E-state index is 12.6. The molecule has 1 aliphatic heterocycles. The van der Waals surface area contributed by atoms with Crippen molar-refractivity contribution in [2.75, 3.05) is 19.8 Å². The average molecular weight is 425 g/mol. The van der Waals surface area contributed by atoms with Gasteiger partial charge in [0.25, 0.3) is 0 Å². The van der Waals surface area contributed by atoms with Crippen LogP contribution < -0.4 is 0 Å². The van der Waals surface area contributed by atoms with Gasteiger partial charge in [-0.1, -0.05) is 77.6 Å². The van der Waals surface area contributed by atoms with Crippen molar-refractivity contribution in [3.05, 3.63) is 0 Å². The number of unbranched alkanes of at least 4 members (excludes halogenated alkanes) is 9. The van der Waals surface area contributed by atoms with Crippen LogP contribution >= 0.6 is 0 Å². The standard InChI is InChI=1S/C25H44O5/c1-2-3-4-5-6-7-8-9-10-13-18-29-24(26)22-16-11-12-17-23(22)25(27)30-20-21-15-14-19-28-21/h21-23H,2-20H2,1H3. The van der Waals surface area contributed by atoms with E-state index >= 15 is 0 Å². The summed E-state index contributed by atoms with van der Waals surface area (Å²) < 4.78 is 16.5. The van der Waals surface area contributed by atoms with E-state index in [1.165, 1.54) is 51.4 Å². The number of carbonyl (C=O) groups excluding carboxylic acids is 2. The molecule has 0 aromatic heterocycles. The van der Waals surface area contributed by atoms with Crippen molar-refractivity contribution in [1.29, 1.82) is 0 Å². The van der Waals surface area contributed by atoms with Gasteiger partial charge in [0.05, 0.1) is 24.5 Å². The van der Waals surface area contributed by atoms with Gasteiger partial charge in [0.1, 0.15) is 6.61 Å². The van der Waals surface area contributed by atoms with Crippen LogP contribution in [0.15, 0.2) is 0 Å². The number of hydrogen-bond acceptors (Lipinski definition) is 5. The molecule has 0 spiro atoms. The van der Waals surface area contributed by atoms with E-state index in [4.69, 9.17) is 14.2 Å². The first-order valence-electron chi connectivity index (χ1n) is 12.7. The van der Waals surface area contributed by atoms with E-state index in [1.54, 1.807) is 0 Å². The molecule has 0 radical (unpaired) electrons. The van der Waals surface area contributed by atoms with Gasteiger partial charge in [-0.3, -0.25) is 9.59 Å². The van der Waals surface area contributed by atoms with Crippen LogP contribution in [0, 0.1) is 11.8 Å². The lowest BCUT2D eigenvalue weighted by Gasteiger charge is -2.28. The van der Waals surface area contributed by atoms with Crippen LogP contribution in [0.3, 0.4) is 0 Å². The van der Waals surface area contributed by atoms with Gasteiger partial charge in [-0.2, -0.15) is 0 Å². The second-order valence-corrected chi connectivity index (χ2v) is 9.11. The van der Waals surface area contributed by atoms with Crippen LogP contribution in [0.2, 0.25) is 0 Å². The SMILES string of the molecule is CCCCCCCCCCCCOC(=O)C1CCCCC1C(=O)OCC1CCCO1. The molecule has 30 heavy (non-hydrogen) atoms. The molecule has 0 amide bonds. The van der Waals surface area contributed by atoms with Crippen molar-refractivity contribution in [2.45, 2.75) is 116 Å². The molecule has 1 saturated carbocycles. The predicted molar refractivity (Wildman–Crippen MR) is 118 cm³/mol. The van der Waals surface area contributed by atoms with E-state index in [-0.39, 0.29) is 29.9 Å². The smallest absolute Gasteiger partial charge is 0.309 e. The zero-order valence-corrected chi connectivity index (χ0v) is 19.2. The molecule has 3 unspecified atom stereocenters. The van der Waals surface area contributed by atoms with Gasteiger partial charge in [0, 0.05) is 6.61 Å². The van der Waals surface area contributed by atoms with Crippen molar-refractivity contribution in [1.82, 2.24) is 0 Å². The fourth-order valence-electron chi connectivity index (χ4n) is 4.62. The zero-order chi connectivity index (χ0) is 21.4. The van der Waals surface area contributed by atoms with Gasteiger partial charge in [0.15, 0.2) is 0 Å². The first-order chi connectivity index (χ1) is 14.7. The Labute approximate surface area is 183 Å². The van der Waals surface area contributed by atoms with Crippen molar-refractivity contribution in [2.24, 2.45) is 11.8 Å². The Balaban J connectivity index is 1.55. The van der Waals surface area contributed by atoms with Crippen LogP contribution in [-0.4, -0.2) is 37.9 Å². The molecule has 0 aromatic rings. The normalized spacial score (nSPS) is 24.0. The molecule has 0 N–H and O–H groups in total. The van der Waals surface area contributed by atoms with Crippen molar-refractivity contribution in [3.63, 3.8) is 0 Å². The van der Waals surface area contributed by atoms with Crippen LogP contribution in [0.4, 0.5) is 0 Å². The Bertz CT molecular complexity index is 472. The molecule has 1 saturated heterocycles. The summed E-state index contributed by atoms with van der Waals surface area (Å²) in [5, 5.41) is 0. The lowest BCUT2D eigenvalue weighted by Crippen LogP contribution is -2.36. The maximum Gasteiger partial charge on any atom is 0.309 e. The fraction of sp³-hybridized carbons (Fsp3) is 0.920. The highest BCUT2D eigenvalue weighted by Crippen LogP contribution is 2.32. The minimum atomic E-state index is -0.347. The number of rotatable bonds is 15. The summed E-state index contributed by atoms with van der Waals surface area (Å²) in [4.78, 5) is 25.1. The van der Waals surface area contributed by atoms with E-state index in [1.807, 2.05) is 0 Å². The zero-order valence-electron chi connectivity index (χ0n) is 19.2. The summed E-state index contributed by atoms with van der Waals surface area (Å²) in [6, 6.07) is 0. The number of hydrogen-bond donors (Lipinski definition) is 0. The maximum absolute atomic E-state index is 12.6. The Morgan fingerprint density at radius 3 is 1.87 bits per heavy atom. The van der Waals surface area contributed by atoms with Crippen molar-refractivity contribution >= 4 is 11.9 Å². The third-order valence-corrected chi connectivity index (χ3v) is 6.55. The van der Waals surface area contributed by atoms with Gasteiger partial charge in [-0.05, 0) is 32.1 Å². The van der Waals surface area contributed by atoms with Gasteiger partial charge in [-0.15, -0.1) is 0 Å². The second kappa shape index (κ2) is 15.7. The summed E-state index contributed by atoms with van der Waals surface area (Å²) >= 11 is 0. The van der Waals surface area contributed by atoms with Crippen molar-refractivity contribution < 1.29 is 23.8 Å². The molecule has 174 valence electrons. The van der Waals surface area contributed by atoms with Gasteiger partial charge >= 0.3 is 11.9 Å². The van der Waals surface area contributed by atoms with E-state index in [2.05, 4.69) is 6.92 Å².